The minimum Gasteiger partial charge on any atom is -0.492 e. The molecule has 0 atom stereocenters. The van der Waals surface area contributed by atoms with E-state index in [1.54, 1.807) is 18.6 Å². The van der Waals surface area contributed by atoms with Gasteiger partial charge in [-0.2, -0.15) is 5.10 Å². The van der Waals surface area contributed by atoms with Gasteiger partial charge in [-0.1, -0.05) is 6.07 Å². The van der Waals surface area contributed by atoms with Crippen LogP contribution >= 0.6 is 0 Å². The third kappa shape index (κ3) is 4.52. The van der Waals surface area contributed by atoms with Crippen molar-refractivity contribution in [2.75, 3.05) is 27.2 Å². The zero-order valence-electron chi connectivity index (χ0n) is 20.4. The third-order valence-electron chi connectivity index (χ3n) is 6.14. The summed E-state index contributed by atoms with van der Waals surface area (Å²) >= 11 is 0. The van der Waals surface area contributed by atoms with Crippen molar-refractivity contribution in [1.29, 1.82) is 0 Å². The zero-order valence-corrected chi connectivity index (χ0v) is 20.4. The second kappa shape index (κ2) is 9.44. The standard InChI is InChI=1S/C28H24FN7O/c1-36(2)9-10-37-20-12-17(11-19(29)14-20)26-21-15-25(33-24(21)6-8-31-26)27-22-13-18(16-32-28(22)35-34-27)23-5-3-4-7-30-23/h3-8,11-16,33H,9-10H2,1-2H3,(H,32,34,35). The molecule has 184 valence electrons. The van der Waals surface area contributed by atoms with Gasteiger partial charge in [0.15, 0.2) is 5.65 Å². The van der Waals surface area contributed by atoms with Crippen LogP contribution in [0.2, 0.25) is 0 Å². The van der Waals surface area contributed by atoms with Gasteiger partial charge in [0.2, 0.25) is 0 Å². The Balaban J connectivity index is 1.41. The summed E-state index contributed by atoms with van der Waals surface area (Å²) < 4.78 is 20.3. The number of ether oxygens (including phenoxy) is 1. The maximum absolute atomic E-state index is 14.5. The molecule has 37 heavy (non-hydrogen) atoms. The smallest absolute Gasteiger partial charge is 0.181 e. The van der Waals surface area contributed by atoms with E-state index >= 15 is 0 Å². The molecule has 8 nitrogen and oxygen atoms in total. The van der Waals surface area contributed by atoms with Crippen molar-refractivity contribution in [2.45, 2.75) is 0 Å². The number of likely N-dealkylation sites (N-methyl/N-ethyl adjacent to an activating group) is 1. The third-order valence-corrected chi connectivity index (χ3v) is 6.14. The first kappa shape index (κ1) is 22.8. The first-order valence-corrected chi connectivity index (χ1v) is 11.9. The Morgan fingerprint density at radius 1 is 0.919 bits per heavy atom. The summed E-state index contributed by atoms with van der Waals surface area (Å²) in [6.07, 6.45) is 5.24. The molecule has 0 saturated carbocycles. The molecule has 0 aliphatic carbocycles. The lowest BCUT2D eigenvalue weighted by atomic mass is 10.1. The number of nitrogens with zero attached hydrogens (tertiary/aromatic N) is 5. The lowest BCUT2D eigenvalue weighted by molar-refractivity contribution is 0.260. The molecule has 5 heterocycles. The highest BCUT2D eigenvalue weighted by atomic mass is 19.1. The summed E-state index contributed by atoms with van der Waals surface area (Å²) in [7, 11) is 3.93. The van der Waals surface area contributed by atoms with Crippen molar-refractivity contribution >= 4 is 21.9 Å². The Morgan fingerprint density at radius 3 is 2.68 bits per heavy atom. The molecule has 9 heteroatoms. The number of aromatic nitrogens is 6. The Kier molecular flexibility index (Phi) is 5.82. The molecule has 5 aromatic heterocycles. The lowest BCUT2D eigenvalue weighted by Gasteiger charge is -2.12. The van der Waals surface area contributed by atoms with Gasteiger partial charge in [-0.3, -0.25) is 15.1 Å². The van der Waals surface area contributed by atoms with Crippen LogP contribution in [0.25, 0.3) is 55.8 Å². The maximum Gasteiger partial charge on any atom is 0.181 e. The van der Waals surface area contributed by atoms with Crippen molar-refractivity contribution < 1.29 is 9.13 Å². The number of nitrogens with one attached hydrogen (secondary N) is 2. The molecule has 0 fully saturated rings. The highest BCUT2D eigenvalue weighted by molar-refractivity contribution is 6.00. The number of rotatable bonds is 7. The largest absolute Gasteiger partial charge is 0.492 e. The van der Waals surface area contributed by atoms with Crippen molar-refractivity contribution in [3.05, 3.63) is 79.0 Å². The van der Waals surface area contributed by atoms with E-state index in [-0.39, 0.29) is 5.82 Å². The molecule has 0 saturated heterocycles. The molecule has 0 aliphatic heterocycles. The van der Waals surface area contributed by atoms with Gasteiger partial charge >= 0.3 is 0 Å². The Bertz CT molecular complexity index is 1710. The van der Waals surface area contributed by atoms with Crippen molar-refractivity contribution in [3.8, 4) is 39.7 Å². The van der Waals surface area contributed by atoms with Gasteiger partial charge in [-0.25, -0.2) is 9.37 Å². The minimum absolute atomic E-state index is 0.375. The van der Waals surface area contributed by atoms with Crippen LogP contribution in [-0.4, -0.2) is 62.3 Å². The van der Waals surface area contributed by atoms with E-state index < -0.39 is 0 Å². The number of H-pyrrole nitrogens is 2. The summed E-state index contributed by atoms with van der Waals surface area (Å²) in [5, 5.41) is 9.22. The summed E-state index contributed by atoms with van der Waals surface area (Å²) in [6.45, 7) is 1.19. The number of halogens is 1. The van der Waals surface area contributed by atoms with Crippen LogP contribution in [0.1, 0.15) is 0 Å². The van der Waals surface area contributed by atoms with E-state index in [0.717, 1.165) is 45.5 Å². The number of benzene rings is 1. The van der Waals surface area contributed by atoms with Gasteiger partial charge in [-0.15, -0.1) is 0 Å². The van der Waals surface area contributed by atoms with Gasteiger partial charge in [0, 0.05) is 58.6 Å². The molecule has 6 rings (SSSR count). The Hall–Kier alpha value is -4.63. The molecule has 0 amide bonds. The van der Waals surface area contributed by atoms with Gasteiger partial charge in [0.25, 0.3) is 0 Å². The topological polar surface area (TPSA) is 95.6 Å². The molecule has 0 unspecified atom stereocenters. The van der Waals surface area contributed by atoms with Gasteiger partial charge in [0.1, 0.15) is 18.2 Å². The van der Waals surface area contributed by atoms with E-state index in [9.17, 15) is 4.39 Å². The molecule has 1 aromatic carbocycles. The first-order chi connectivity index (χ1) is 18.0. The quantitative estimate of drug-likeness (QED) is 0.313. The van der Waals surface area contributed by atoms with Crippen molar-refractivity contribution in [2.24, 2.45) is 0 Å². The second-order valence-electron chi connectivity index (χ2n) is 9.04. The van der Waals surface area contributed by atoms with E-state index in [4.69, 9.17) is 4.74 Å². The van der Waals surface area contributed by atoms with Crippen LogP contribution in [0.4, 0.5) is 4.39 Å². The molecule has 0 spiro atoms. The van der Waals surface area contributed by atoms with Crippen LogP contribution in [0, 0.1) is 5.82 Å². The fourth-order valence-electron chi connectivity index (χ4n) is 4.33. The fourth-order valence-corrected chi connectivity index (χ4v) is 4.33. The normalized spacial score (nSPS) is 11.6. The number of pyridine rings is 3. The van der Waals surface area contributed by atoms with Crippen molar-refractivity contribution in [1.82, 2.24) is 35.0 Å². The van der Waals surface area contributed by atoms with E-state index in [1.165, 1.54) is 12.1 Å². The monoisotopic (exact) mass is 493 g/mol. The molecule has 0 radical (unpaired) electrons. The van der Waals surface area contributed by atoms with E-state index in [0.29, 0.717) is 29.3 Å². The average Bonchev–Trinajstić information content (AvgIpc) is 3.52. The number of fused-ring (bicyclic) bond motifs is 2. The van der Waals surface area contributed by atoms with Crippen molar-refractivity contribution in [3.63, 3.8) is 0 Å². The molecule has 0 bridgehead atoms. The molecule has 2 N–H and O–H groups in total. The van der Waals surface area contributed by atoms with Crippen LogP contribution < -0.4 is 4.74 Å². The summed E-state index contributed by atoms with van der Waals surface area (Å²) in [5.74, 6) is 0.0960. The Labute approximate surface area is 212 Å². The summed E-state index contributed by atoms with van der Waals surface area (Å²) in [4.78, 5) is 19.0. The number of hydrogen-bond acceptors (Lipinski definition) is 6. The van der Waals surface area contributed by atoms with Crippen LogP contribution in [0.5, 0.6) is 5.75 Å². The van der Waals surface area contributed by atoms with Crippen LogP contribution in [0.15, 0.2) is 73.2 Å². The summed E-state index contributed by atoms with van der Waals surface area (Å²) in [6, 6.07) is 16.4. The highest BCUT2D eigenvalue weighted by Gasteiger charge is 2.16. The van der Waals surface area contributed by atoms with E-state index in [2.05, 4.69) is 30.1 Å². The SMILES string of the molecule is CN(C)CCOc1cc(F)cc(-c2nccc3[nH]c(-c4[nH]nc5ncc(-c6ccccn6)cc45)cc23)c1. The minimum atomic E-state index is -0.375. The molecular weight excluding hydrogens is 469 g/mol. The summed E-state index contributed by atoms with van der Waals surface area (Å²) in [5.41, 5.74) is 6.14. The molecular formula is C28H24FN7O. The Morgan fingerprint density at radius 2 is 1.84 bits per heavy atom. The zero-order chi connectivity index (χ0) is 25.4. The van der Waals surface area contributed by atoms with Gasteiger partial charge in [0.05, 0.1) is 22.8 Å². The molecule has 0 aliphatic rings. The average molecular weight is 494 g/mol. The van der Waals surface area contributed by atoms with Gasteiger partial charge < -0.3 is 14.6 Å². The van der Waals surface area contributed by atoms with E-state index in [1.807, 2.05) is 61.5 Å². The predicted octanol–water partition coefficient (Wildman–Crippen LogP) is 5.31. The second-order valence-corrected chi connectivity index (χ2v) is 9.04. The van der Waals surface area contributed by atoms with Crippen LogP contribution in [0.3, 0.4) is 0 Å². The maximum atomic E-state index is 14.5. The molecule has 6 aromatic rings. The number of hydrogen-bond donors (Lipinski definition) is 2. The van der Waals surface area contributed by atoms with Gasteiger partial charge in [-0.05, 0) is 56.6 Å². The number of aromatic amines is 2. The van der Waals surface area contributed by atoms with Crippen LogP contribution in [-0.2, 0) is 0 Å². The predicted molar refractivity (Wildman–Crippen MR) is 142 cm³/mol. The highest BCUT2D eigenvalue weighted by Crippen LogP contribution is 2.34. The first-order valence-electron chi connectivity index (χ1n) is 11.9. The fraction of sp³-hybridized carbons (Fsp3) is 0.143. The lowest BCUT2D eigenvalue weighted by Crippen LogP contribution is -2.19.